The Hall–Kier alpha value is -2.41. The number of nitrogens with zero attached hydrogens (tertiary/aromatic N) is 2. The van der Waals surface area contributed by atoms with Gasteiger partial charge in [-0.1, -0.05) is 51.1 Å². The molecule has 1 aliphatic heterocycles. The molecule has 1 atom stereocenters. The summed E-state index contributed by atoms with van der Waals surface area (Å²) < 4.78 is 5.39. The monoisotopic (exact) mass is 387 g/mol. The van der Waals surface area contributed by atoms with Crippen LogP contribution in [0.4, 0.5) is 9.93 Å². The first-order chi connectivity index (χ1) is 12.8. The molecule has 0 bridgehead atoms. The standard InChI is InChI=1S/C20H25N3O3S/c1-20(2,3)16-13-27-18(21-16)22-17(24)15-10-7-11-23(15)19(25)26-12-14-8-5-4-6-9-14/h4-6,8-9,13,15H,7,10-12H2,1-3H3,(H,21,22,24)/t15-/m0/s1. The molecule has 2 heterocycles. The molecule has 0 aliphatic carbocycles. The van der Waals surface area contributed by atoms with Crippen LogP contribution in [0, 0.1) is 0 Å². The molecule has 6 nitrogen and oxygen atoms in total. The van der Waals surface area contributed by atoms with Gasteiger partial charge in [-0.05, 0) is 18.4 Å². The first-order valence-corrected chi connectivity index (χ1v) is 9.97. The Labute approximate surface area is 163 Å². The Bertz CT molecular complexity index is 798. The van der Waals surface area contributed by atoms with Gasteiger partial charge in [0.15, 0.2) is 5.13 Å². The highest BCUT2D eigenvalue weighted by molar-refractivity contribution is 7.14. The summed E-state index contributed by atoms with van der Waals surface area (Å²) in [5.74, 6) is -0.209. The second-order valence-corrected chi connectivity index (χ2v) is 8.53. The van der Waals surface area contributed by atoms with Crippen LogP contribution < -0.4 is 5.32 Å². The van der Waals surface area contributed by atoms with Crippen LogP contribution in [0.25, 0.3) is 0 Å². The zero-order valence-electron chi connectivity index (χ0n) is 15.9. The molecule has 2 aromatic rings. The van der Waals surface area contributed by atoms with E-state index in [0.29, 0.717) is 18.1 Å². The van der Waals surface area contributed by atoms with E-state index in [1.807, 2.05) is 35.7 Å². The highest BCUT2D eigenvalue weighted by Crippen LogP contribution is 2.27. The van der Waals surface area contributed by atoms with Gasteiger partial charge in [0.1, 0.15) is 12.6 Å². The molecule has 0 saturated carbocycles. The molecule has 3 rings (SSSR count). The molecule has 2 amide bonds. The summed E-state index contributed by atoms with van der Waals surface area (Å²) in [6, 6.07) is 8.99. The SMILES string of the molecule is CC(C)(C)c1csc(NC(=O)[C@@H]2CCCN2C(=O)OCc2ccccc2)n1. The van der Waals surface area contributed by atoms with Gasteiger partial charge in [0.2, 0.25) is 5.91 Å². The van der Waals surface area contributed by atoms with Gasteiger partial charge in [0.05, 0.1) is 5.69 Å². The van der Waals surface area contributed by atoms with E-state index in [0.717, 1.165) is 17.7 Å². The molecule has 27 heavy (non-hydrogen) atoms. The molecule has 1 fully saturated rings. The van der Waals surface area contributed by atoms with Crippen molar-refractivity contribution in [3.63, 3.8) is 0 Å². The zero-order valence-corrected chi connectivity index (χ0v) is 16.7. The quantitative estimate of drug-likeness (QED) is 0.854. The summed E-state index contributed by atoms with van der Waals surface area (Å²) in [5, 5.41) is 5.37. The van der Waals surface area contributed by atoms with Gasteiger partial charge in [0, 0.05) is 17.3 Å². The largest absolute Gasteiger partial charge is 0.445 e. The maximum absolute atomic E-state index is 12.7. The number of rotatable bonds is 4. The highest BCUT2D eigenvalue weighted by atomic mass is 32.1. The van der Waals surface area contributed by atoms with Crippen LogP contribution >= 0.6 is 11.3 Å². The lowest BCUT2D eigenvalue weighted by Crippen LogP contribution is -2.43. The molecule has 1 aromatic carbocycles. The molecule has 7 heteroatoms. The summed E-state index contributed by atoms with van der Waals surface area (Å²) in [7, 11) is 0. The number of anilines is 1. The molecule has 1 aromatic heterocycles. The number of carbonyl (C=O) groups excluding carboxylic acids is 2. The smallest absolute Gasteiger partial charge is 0.410 e. The molecule has 0 spiro atoms. The number of thiazole rings is 1. The fourth-order valence-electron chi connectivity index (χ4n) is 2.92. The third kappa shape index (κ3) is 4.86. The lowest BCUT2D eigenvalue weighted by Gasteiger charge is -2.23. The van der Waals surface area contributed by atoms with E-state index in [-0.39, 0.29) is 17.9 Å². The predicted molar refractivity (Wildman–Crippen MR) is 106 cm³/mol. The van der Waals surface area contributed by atoms with E-state index in [1.165, 1.54) is 16.2 Å². The van der Waals surface area contributed by atoms with E-state index in [9.17, 15) is 9.59 Å². The summed E-state index contributed by atoms with van der Waals surface area (Å²) in [6.45, 7) is 6.96. The molecule has 144 valence electrons. The summed E-state index contributed by atoms with van der Waals surface area (Å²) in [5.41, 5.74) is 1.79. The number of nitrogens with one attached hydrogen (secondary N) is 1. The number of likely N-dealkylation sites (tertiary alicyclic amines) is 1. The molecule has 1 N–H and O–H groups in total. The van der Waals surface area contributed by atoms with Gasteiger partial charge in [-0.25, -0.2) is 9.78 Å². The molecule has 1 saturated heterocycles. The van der Waals surface area contributed by atoms with E-state index >= 15 is 0 Å². The van der Waals surface area contributed by atoms with Gasteiger partial charge in [-0.3, -0.25) is 9.69 Å². The first kappa shape index (κ1) is 19.4. The van der Waals surface area contributed by atoms with Crippen LogP contribution in [0.1, 0.15) is 44.9 Å². The normalized spacial score (nSPS) is 17.0. The first-order valence-electron chi connectivity index (χ1n) is 9.09. The fourth-order valence-corrected chi connectivity index (χ4v) is 3.86. The van der Waals surface area contributed by atoms with Crippen molar-refractivity contribution in [3.8, 4) is 0 Å². The van der Waals surface area contributed by atoms with Gasteiger partial charge in [-0.2, -0.15) is 0 Å². The Morgan fingerprint density at radius 3 is 2.70 bits per heavy atom. The number of ether oxygens (including phenoxy) is 1. The van der Waals surface area contributed by atoms with Crippen LogP contribution in [0.15, 0.2) is 35.7 Å². The molecule has 0 radical (unpaired) electrons. The van der Waals surface area contributed by atoms with E-state index < -0.39 is 12.1 Å². The summed E-state index contributed by atoms with van der Waals surface area (Å²) in [4.78, 5) is 31.1. The maximum Gasteiger partial charge on any atom is 0.410 e. The van der Waals surface area contributed by atoms with E-state index in [2.05, 4.69) is 31.1 Å². The van der Waals surface area contributed by atoms with E-state index in [1.54, 1.807) is 0 Å². The van der Waals surface area contributed by atoms with Gasteiger partial charge in [-0.15, -0.1) is 11.3 Å². The second kappa shape index (κ2) is 8.08. The molecule has 0 unspecified atom stereocenters. The van der Waals surface area contributed by atoms with Crippen molar-refractivity contribution in [1.82, 2.24) is 9.88 Å². The molecular weight excluding hydrogens is 362 g/mol. The summed E-state index contributed by atoms with van der Waals surface area (Å²) >= 11 is 1.40. The van der Waals surface area contributed by atoms with Crippen LogP contribution in [0.5, 0.6) is 0 Å². The van der Waals surface area contributed by atoms with Crippen molar-refractivity contribution in [2.75, 3.05) is 11.9 Å². The van der Waals surface area contributed by atoms with Crippen molar-refractivity contribution in [1.29, 1.82) is 0 Å². The Morgan fingerprint density at radius 1 is 1.30 bits per heavy atom. The Balaban J connectivity index is 1.59. The Kier molecular flexibility index (Phi) is 5.79. The lowest BCUT2D eigenvalue weighted by molar-refractivity contribution is -0.120. The number of carbonyl (C=O) groups is 2. The number of benzene rings is 1. The topological polar surface area (TPSA) is 71.5 Å². The number of hydrogen-bond donors (Lipinski definition) is 1. The van der Waals surface area contributed by atoms with Crippen LogP contribution in [-0.4, -0.2) is 34.5 Å². The van der Waals surface area contributed by atoms with Crippen molar-refractivity contribution in [2.45, 2.75) is 51.7 Å². The number of amides is 2. The molecule has 1 aliphatic rings. The Morgan fingerprint density at radius 2 is 2.04 bits per heavy atom. The van der Waals surface area contributed by atoms with Crippen LogP contribution in [-0.2, 0) is 21.6 Å². The average Bonchev–Trinajstić information content (AvgIpc) is 3.29. The number of aromatic nitrogens is 1. The summed E-state index contributed by atoms with van der Waals surface area (Å²) in [6.07, 6.45) is 0.957. The van der Waals surface area contributed by atoms with Crippen molar-refractivity contribution < 1.29 is 14.3 Å². The van der Waals surface area contributed by atoms with Crippen LogP contribution in [0.2, 0.25) is 0 Å². The van der Waals surface area contributed by atoms with Crippen LogP contribution in [0.3, 0.4) is 0 Å². The van der Waals surface area contributed by atoms with Gasteiger partial charge in [0.25, 0.3) is 0 Å². The fraction of sp³-hybridized carbons (Fsp3) is 0.450. The number of hydrogen-bond acceptors (Lipinski definition) is 5. The predicted octanol–water partition coefficient (Wildman–Crippen LogP) is 4.18. The zero-order chi connectivity index (χ0) is 19.4. The van der Waals surface area contributed by atoms with Gasteiger partial charge < -0.3 is 10.1 Å². The van der Waals surface area contributed by atoms with Crippen molar-refractivity contribution in [3.05, 3.63) is 47.0 Å². The van der Waals surface area contributed by atoms with Gasteiger partial charge >= 0.3 is 6.09 Å². The minimum absolute atomic E-state index is 0.0693. The highest BCUT2D eigenvalue weighted by Gasteiger charge is 2.35. The third-order valence-electron chi connectivity index (χ3n) is 4.50. The lowest BCUT2D eigenvalue weighted by atomic mass is 9.93. The van der Waals surface area contributed by atoms with E-state index in [4.69, 9.17) is 4.74 Å². The maximum atomic E-state index is 12.7. The average molecular weight is 388 g/mol. The third-order valence-corrected chi connectivity index (χ3v) is 5.26. The van der Waals surface area contributed by atoms with Crippen molar-refractivity contribution >= 4 is 28.5 Å². The van der Waals surface area contributed by atoms with Crippen molar-refractivity contribution in [2.24, 2.45) is 0 Å². The second-order valence-electron chi connectivity index (χ2n) is 7.67. The molecular formula is C20H25N3O3S. The minimum Gasteiger partial charge on any atom is -0.445 e. The minimum atomic E-state index is -0.518.